The third-order valence-electron chi connectivity index (χ3n) is 4.36. The minimum atomic E-state index is 0.528. The summed E-state index contributed by atoms with van der Waals surface area (Å²) >= 11 is 0. The molecule has 0 radical (unpaired) electrons. The van der Waals surface area contributed by atoms with Crippen molar-refractivity contribution in [3.63, 3.8) is 0 Å². The molecule has 3 aromatic carbocycles. The van der Waals surface area contributed by atoms with E-state index in [4.69, 9.17) is 9.26 Å². The normalized spacial score (nSPS) is 10.8. The predicted molar refractivity (Wildman–Crippen MR) is 102 cm³/mol. The van der Waals surface area contributed by atoms with E-state index in [1.165, 1.54) is 10.8 Å². The van der Waals surface area contributed by atoms with E-state index in [1.807, 2.05) is 43.4 Å². The molecule has 0 aliphatic heterocycles. The minimum Gasteiger partial charge on any atom is -0.496 e. The number of hydrogen-bond acceptors (Lipinski definition) is 5. The van der Waals surface area contributed by atoms with E-state index in [0.29, 0.717) is 18.3 Å². The van der Waals surface area contributed by atoms with Gasteiger partial charge in [0.05, 0.1) is 19.2 Å². The summed E-state index contributed by atoms with van der Waals surface area (Å²) in [5.41, 5.74) is 1.92. The van der Waals surface area contributed by atoms with Gasteiger partial charge in [0.25, 0.3) is 0 Å². The van der Waals surface area contributed by atoms with Crippen LogP contribution in [-0.2, 0) is 6.54 Å². The molecule has 4 rings (SSSR count). The summed E-state index contributed by atoms with van der Waals surface area (Å²) in [7, 11) is 3.64. The van der Waals surface area contributed by atoms with Crippen LogP contribution in [0, 0.1) is 0 Å². The molecule has 0 saturated carbocycles. The van der Waals surface area contributed by atoms with Gasteiger partial charge in [-0.2, -0.15) is 4.98 Å². The van der Waals surface area contributed by atoms with Crippen molar-refractivity contribution < 1.29 is 9.26 Å². The molecule has 130 valence electrons. The highest BCUT2D eigenvalue weighted by atomic mass is 16.5. The van der Waals surface area contributed by atoms with E-state index < -0.39 is 0 Å². The molecular weight excluding hydrogens is 326 g/mol. The van der Waals surface area contributed by atoms with Gasteiger partial charge in [-0.05, 0) is 35.0 Å². The first-order chi connectivity index (χ1) is 12.7. The number of ether oxygens (including phenoxy) is 1. The molecule has 5 nitrogen and oxygen atoms in total. The van der Waals surface area contributed by atoms with Gasteiger partial charge < -0.3 is 14.2 Å². The molecule has 0 aliphatic carbocycles. The number of benzene rings is 3. The summed E-state index contributed by atoms with van der Waals surface area (Å²) in [6.45, 7) is 0.528. The summed E-state index contributed by atoms with van der Waals surface area (Å²) in [5, 5.41) is 6.53. The highest BCUT2D eigenvalue weighted by molar-refractivity contribution is 5.85. The fourth-order valence-electron chi connectivity index (χ4n) is 2.97. The molecular formula is C21H19N3O2. The van der Waals surface area contributed by atoms with Crippen molar-refractivity contribution in [2.75, 3.05) is 19.1 Å². The van der Waals surface area contributed by atoms with Gasteiger partial charge in [-0.3, -0.25) is 0 Å². The van der Waals surface area contributed by atoms with Crippen molar-refractivity contribution in [1.29, 1.82) is 0 Å². The Morgan fingerprint density at radius 2 is 1.73 bits per heavy atom. The van der Waals surface area contributed by atoms with E-state index in [1.54, 1.807) is 7.11 Å². The maximum Gasteiger partial charge on any atom is 0.246 e. The number of methoxy groups -OCH3 is 1. The van der Waals surface area contributed by atoms with Crippen molar-refractivity contribution in [3.8, 4) is 17.1 Å². The number of fused-ring (bicyclic) bond motifs is 1. The lowest BCUT2D eigenvalue weighted by Gasteiger charge is -2.17. The molecule has 0 amide bonds. The molecule has 1 heterocycles. The summed E-state index contributed by atoms with van der Waals surface area (Å²) in [5.74, 6) is 1.81. The van der Waals surface area contributed by atoms with Gasteiger partial charge in [0.15, 0.2) is 0 Å². The second-order valence-corrected chi connectivity index (χ2v) is 6.10. The first kappa shape index (κ1) is 16.1. The number of nitrogens with zero attached hydrogens (tertiary/aromatic N) is 3. The lowest BCUT2D eigenvalue weighted by atomic mass is 10.1. The van der Waals surface area contributed by atoms with Crippen molar-refractivity contribution in [1.82, 2.24) is 10.1 Å². The van der Waals surface area contributed by atoms with Gasteiger partial charge >= 0.3 is 0 Å². The fourth-order valence-corrected chi connectivity index (χ4v) is 2.97. The molecule has 0 N–H and O–H groups in total. The van der Waals surface area contributed by atoms with Gasteiger partial charge in [0.1, 0.15) is 5.75 Å². The minimum absolute atomic E-state index is 0.528. The lowest BCUT2D eigenvalue weighted by molar-refractivity contribution is 0.378. The van der Waals surface area contributed by atoms with Crippen LogP contribution < -0.4 is 9.64 Å². The van der Waals surface area contributed by atoms with Gasteiger partial charge in [-0.25, -0.2) is 0 Å². The predicted octanol–water partition coefficient (Wildman–Crippen LogP) is 4.53. The van der Waals surface area contributed by atoms with Crippen LogP contribution in [0.4, 0.5) is 5.69 Å². The topological polar surface area (TPSA) is 51.4 Å². The first-order valence-corrected chi connectivity index (χ1v) is 8.40. The third kappa shape index (κ3) is 3.11. The SMILES string of the molecule is COc1ccccc1-c1noc(CN(C)c2ccc3ccccc3c2)n1. The highest BCUT2D eigenvalue weighted by Crippen LogP contribution is 2.28. The van der Waals surface area contributed by atoms with E-state index >= 15 is 0 Å². The Hall–Kier alpha value is -3.34. The molecule has 26 heavy (non-hydrogen) atoms. The van der Waals surface area contributed by atoms with Gasteiger partial charge in [-0.15, -0.1) is 0 Å². The summed E-state index contributed by atoms with van der Waals surface area (Å²) in [6.07, 6.45) is 0. The smallest absolute Gasteiger partial charge is 0.246 e. The average molecular weight is 345 g/mol. The molecule has 0 atom stereocenters. The summed E-state index contributed by atoms with van der Waals surface area (Å²) in [6, 6.07) is 22.3. The Morgan fingerprint density at radius 3 is 2.58 bits per heavy atom. The molecule has 0 unspecified atom stereocenters. The van der Waals surface area contributed by atoms with Crippen LogP contribution in [0.15, 0.2) is 71.3 Å². The quantitative estimate of drug-likeness (QED) is 0.532. The van der Waals surface area contributed by atoms with Crippen LogP contribution in [-0.4, -0.2) is 24.3 Å². The Labute approximate surface area is 151 Å². The van der Waals surface area contributed by atoms with E-state index in [-0.39, 0.29) is 0 Å². The summed E-state index contributed by atoms with van der Waals surface area (Å²) in [4.78, 5) is 6.61. The number of rotatable bonds is 5. The molecule has 1 aromatic heterocycles. The first-order valence-electron chi connectivity index (χ1n) is 8.40. The maximum absolute atomic E-state index is 5.44. The Morgan fingerprint density at radius 1 is 0.962 bits per heavy atom. The maximum atomic E-state index is 5.44. The van der Waals surface area contributed by atoms with E-state index in [0.717, 1.165) is 17.0 Å². The highest BCUT2D eigenvalue weighted by Gasteiger charge is 2.14. The largest absolute Gasteiger partial charge is 0.496 e. The van der Waals surface area contributed by atoms with Crippen molar-refractivity contribution in [2.45, 2.75) is 6.54 Å². The molecule has 0 bridgehead atoms. The molecule has 0 aliphatic rings. The van der Waals surface area contributed by atoms with Crippen LogP contribution in [0.2, 0.25) is 0 Å². The van der Waals surface area contributed by atoms with Crippen molar-refractivity contribution in [2.24, 2.45) is 0 Å². The van der Waals surface area contributed by atoms with Crippen LogP contribution in [0.25, 0.3) is 22.2 Å². The standard InChI is InChI=1S/C21H19N3O2/c1-24(17-12-11-15-7-3-4-8-16(15)13-17)14-20-22-21(23-26-20)18-9-5-6-10-19(18)25-2/h3-13H,14H2,1-2H3. The van der Waals surface area contributed by atoms with Crippen molar-refractivity contribution in [3.05, 3.63) is 72.6 Å². The van der Waals surface area contributed by atoms with Crippen LogP contribution in [0.1, 0.15) is 5.89 Å². The van der Waals surface area contributed by atoms with Crippen molar-refractivity contribution >= 4 is 16.5 Å². The number of hydrogen-bond donors (Lipinski definition) is 0. The van der Waals surface area contributed by atoms with E-state index in [2.05, 4.69) is 45.4 Å². The fraction of sp³-hybridized carbons (Fsp3) is 0.143. The third-order valence-corrected chi connectivity index (χ3v) is 4.36. The van der Waals surface area contributed by atoms with Gasteiger partial charge in [0.2, 0.25) is 11.7 Å². The zero-order valence-electron chi connectivity index (χ0n) is 14.7. The second kappa shape index (κ2) is 6.88. The number of aromatic nitrogens is 2. The Bertz CT molecular complexity index is 1040. The van der Waals surface area contributed by atoms with Gasteiger partial charge in [-0.1, -0.05) is 47.6 Å². The number of para-hydroxylation sites is 1. The number of anilines is 1. The Balaban J connectivity index is 1.56. The second-order valence-electron chi connectivity index (χ2n) is 6.10. The molecule has 0 spiro atoms. The molecule has 4 aromatic rings. The average Bonchev–Trinajstić information content (AvgIpc) is 3.15. The van der Waals surface area contributed by atoms with Crippen LogP contribution >= 0.6 is 0 Å². The molecule has 0 fully saturated rings. The summed E-state index contributed by atoms with van der Waals surface area (Å²) < 4.78 is 10.8. The zero-order valence-corrected chi connectivity index (χ0v) is 14.7. The Kier molecular flexibility index (Phi) is 4.27. The van der Waals surface area contributed by atoms with Crippen LogP contribution in [0.5, 0.6) is 5.75 Å². The lowest BCUT2D eigenvalue weighted by Crippen LogP contribution is -2.16. The molecule has 5 heteroatoms. The van der Waals surface area contributed by atoms with Gasteiger partial charge in [0, 0.05) is 12.7 Å². The zero-order chi connectivity index (χ0) is 17.9. The van der Waals surface area contributed by atoms with E-state index in [9.17, 15) is 0 Å². The monoisotopic (exact) mass is 345 g/mol. The van der Waals surface area contributed by atoms with Crippen LogP contribution in [0.3, 0.4) is 0 Å². The molecule has 0 saturated heterocycles.